The van der Waals surface area contributed by atoms with Crippen LogP contribution in [0, 0.1) is 0 Å². The topological polar surface area (TPSA) is 85.1 Å². The Kier molecular flexibility index (Phi) is 5.28. The first-order valence-corrected chi connectivity index (χ1v) is 6.42. The fraction of sp³-hybridized carbons (Fsp3) is 0.286. The van der Waals surface area contributed by atoms with E-state index in [4.69, 9.17) is 10.5 Å². The number of hydrogen-bond donors (Lipinski definition) is 3. The smallest absolute Gasteiger partial charge is 0.135 e. The van der Waals surface area contributed by atoms with Crippen molar-refractivity contribution in [1.82, 2.24) is 9.97 Å². The van der Waals surface area contributed by atoms with Crippen molar-refractivity contribution in [3.05, 3.63) is 42.2 Å². The van der Waals surface area contributed by atoms with Gasteiger partial charge < -0.3 is 21.1 Å². The quantitative estimate of drug-likeness (QED) is 0.666. The van der Waals surface area contributed by atoms with Crippen LogP contribution in [0.2, 0.25) is 0 Å². The van der Waals surface area contributed by atoms with Gasteiger partial charge in [-0.05, 0) is 17.7 Å². The van der Waals surface area contributed by atoms with Crippen molar-refractivity contribution in [2.75, 3.05) is 30.9 Å². The predicted molar refractivity (Wildman–Crippen MR) is 80.0 cm³/mol. The molecule has 4 N–H and O–H groups in total. The van der Waals surface area contributed by atoms with E-state index in [1.54, 1.807) is 7.11 Å². The minimum Gasteiger partial charge on any atom is -0.383 e. The standard InChI is InChI=1S/C14H19N5O/c1-20-6-5-16-13-8-14(18-10-17-13)19-12-4-2-3-11(7-12)9-15/h2-4,7-8,10H,5-6,9,15H2,1H3,(H2,16,17,18,19). The molecule has 0 unspecified atom stereocenters. The first-order chi connectivity index (χ1) is 9.81. The maximum atomic E-state index is 5.63. The summed E-state index contributed by atoms with van der Waals surface area (Å²) in [6, 6.07) is 9.77. The van der Waals surface area contributed by atoms with Crippen LogP contribution < -0.4 is 16.4 Å². The number of benzene rings is 1. The Labute approximate surface area is 118 Å². The molecule has 6 nitrogen and oxygen atoms in total. The number of methoxy groups -OCH3 is 1. The monoisotopic (exact) mass is 273 g/mol. The second-order valence-electron chi connectivity index (χ2n) is 4.24. The van der Waals surface area contributed by atoms with Crippen LogP contribution in [-0.2, 0) is 11.3 Å². The summed E-state index contributed by atoms with van der Waals surface area (Å²) in [5, 5.41) is 6.39. The van der Waals surface area contributed by atoms with Gasteiger partial charge in [0.25, 0.3) is 0 Å². The molecule has 0 saturated heterocycles. The average molecular weight is 273 g/mol. The minimum absolute atomic E-state index is 0.517. The lowest BCUT2D eigenvalue weighted by atomic mass is 10.2. The van der Waals surface area contributed by atoms with Gasteiger partial charge in [-0.3, -0.25) is 0 Å². The van der Waals surface area contributed by atoms with Gasteiger partial charge >= 0.3 is 0 Å². The van der Waals surface area contributed by atoms with Crippen molar-refractivity contribution >= 4 is 17.3 Å². The normalized spacial score (nSPS) is 10.3. The van der Waals surface area contributed by atoms with Crippen LogP contribution in [0.4, 0.5) is 17.3 Å². The summed E-state index contributed by atoms with van der Waals surface area (Å²) in [5.41, 5.74) is 7.65. The molecule has 0 fully saturated rings. The lowest BCUT2D eigenvalue weighted by Gasteiger charge is -2.09. The number of aromatic nitrogens is 2. The molecule has 1 heterocycles. The summed E-state index contributed by atoms with van der Waals surface area (Å²) in [6.45, 7) is 1.85. The molecule has 106 valence electrons. The van der Waals surface area contributed by atoms with Gasteiger partial charge in [0.2, 0.25) is 0 Å². The summed E-state index contributed by atoms with van der Waals surface area (Å²) in [7, 11) is 1.67. The highest BCUT2D eigenvalue weighted by atomic mass is 16.5. The second-order valence-corrected chi connectivity index (χ2v) is 4.24. The number of ether oxygens (including phenoxy) is 1. The van der Waals surface area contributed by atoms with E-state index in [-0.39, 0.29) is 0 Å². The van der Waals surface area contributed by atoms with Gasteiger partial charge in [-0.15, -0.1) is 0 Å². The SMILES string of the molecule is COCCNc1cc(Nc2cccc(CN)c2)ncn1. The molecule has 2 aromatic rings. The predicted octanol–water partition coefficient (Wildman–Crippen LogP) is 1.74. The number of rotatable bonds is 7. The average Bonchev–Trinajstić information content (AvgIpc) is 2.48. The number of nitrogens with zero attached hydrogens (tertiary/aromatic N) is 2. The summed E-state index contributed by atoms with van der Waals surface area (Å²) < 4.78 is 4.98. The molecule has 0 aliphatic carbocycles. The Hall–Kier alpha value is -2.18. The van der Waals surface area contributed by atoms with E-state index >= 15 is 0 Å². The molecule has 0 aliphatic heterocycles. The summed E-state index contributed by atoms with van der Waals surface area (Å²) in [6.07, 6.45) is 1.52. The van der Waals surface area contributed by atoms with Crippen molar-refractivity contribution in [1.29, 1.82) is 0 Å². The maximum absolute atomic E-state index is 5.63. The van der Waals surface area contributed by atoms with Gasteiger partial charge in [0, 0.05) is 32.0 Å². The molecule has 0 aliphatic rings. The van der Waals surface area contributed by atoms with Crippen LogP contribution in [-0.4, -0.2) is 30.2 Å². The number of anilines is 3. The minimum atomic E-state index is 0.517. The fourth-order valence-electron chi connectivity index (χ4n) is 1.73. The van der Waals surface area contributed by atoms with Crippen LogP contribution in [0.15, 0.2) is 36.7 Å². The van der Waals surface area contributed by atoms with Crippen LogP contribution >= 0.6 is 0 Å². The molecular weight excluding hydrogens is 254 g/mol. The molecule has 0 spiro atoms. The molecule has 20 heavy (non-hydrogen) atoms. The van der Waals surface area contributed by atoms with E-state index in [1.165, 1.54) is 6.33 Å². The first kappa shape index (κ1) is 14.2. The van der Waals surface area contributed by atoms with Crippen molar-refractivity contribution in [2.45, 2.75) is 6.54 Å². The molecular formula is C14H19N5O. The van der Waals surface area contributed by atoms with Crippen LogP contribution in [0.25, 0.3) is 0 Å². The molecule has 0 bridgehead atoms. The first-order valence-electron chi connectivity index (χ1n) is 6.42. The molecule has 2 rings (SSSR count). The highest BCUT2D eigenvalue weighted by molar-refractivity contribution is 5.59. The van der Waals surface area contributed by atoms with Gasteiger partial charge in [-0.1, -0.05) is 12.1 Å². The Balaban J connectivity index is 2.03. The van der Waals surface area contributed by atoms with Crippen LogP contribution in [0.3, 0.4) is 0 Å². The maximum Gasteiger partial charge on any atom is 0.135 e. The molecule has 1 aromatic heterocycles. The number of nitrogens with two attached hydrogens (primary N) is 1. The van der Waals surface area contributed by atoms with E-state index in [9.17, 15) is 0 Å². The van der Waals surface area contributed by atoms with Gasteiger partial charge in [0.05, 0.1) is 6.61 Å². The summed E-state index contributed by atoms with van der Waals surface area (Å²) in [4.78, 5) is 8.34. The largest absolute Gasteiger partial charge is 0.383 e. The molecule has 1 aromatic carbocycles. The molecule has 0 amide bonds. The summed E-state index contributed by atoms with van der Waals surface area (Å²) >= 11 is 0. The number of nitrogens with one attached hydrogen (secondary N) is 2. The Morgan fingerprint density at radius 2 is 2.05 bits per heavy atom. The third-order valence-corrected chi connectivity index (χ3v) is 2.71. The summed E-state index contributed by atoms with van der Waals surface area (Å²) in [5.74, 6) is 1.49. The van der Waals surface area contributed by atoms with E-state index in [0.29, 0.717) is 19.7 Å². The lowest BCUT2D eigenvalue weighted by Crippen LogP contribution is -2.09. The molecule has 0 saturated carbocycles. The van der Waals surface area contributed by atoms with E-state index < -0.39 is 0 Å². The van der Waals surface area contributed by atoms with Crippen LogP contribution in [0.1, 0.15) is 5.56 Å². The van der Waals surface area contributed by atoms with Crippen molar-refractivity contribution in [3.63, 3.8) is 0 Å². The zero-order chi connectivity index (χ0) is 14.2. The zero-order valence-electron chi connectivity index (χ0n) is 11.5. The van der Waals surface area contributed by atoms with E-state index in [2.05, 4.69) is 20.6 Å². The van der Waals surface area contributed by atoms with Crippen LogP contribution in [0.5, 0.6) is 0 Å². The second kappa shape index (κ2) is 7.42. The van der Waals surface area contributed by atoms with Gasteiger partial charge in [0.15, 0.2) is 0 Å². The van der Waals surface area contributed by atoms with Gasteiger partial charge in [-0.25, -0.2) is 9.97 Å². The molecule has 0 radical (unpaired) electrons. The third kappa shape index (κ3) is 4.18. The third-order valence-electron chi connectivity index (χ3n) is 2.71. The molecule has 6 heteroatoms. The van der Waals surface area contributed by atoms with Crippen molar-refractivity contribution in [2.24, 2.45) is 5.73 Å². The van der Waals surface area contributed by atoms with Gasteiger partial charge in [0.1, 0.15) is 18.0 Å². The highest BCUT2D eigenvalue weighted by Gasteiger charge is 2.00. The van der Waals surface area contributed by atoms with Crippen molar-refractivity contribution < 1.29 is 4.74 Å². The fourth-order valence-corrected chi connectivity index (χ4v) is 1.73. The van der Waals surface area contributed by atoms with E-state index in [0.717, 1.165) is 22.9 Å². The zero-order valence-corrected chi connectivity index (χ0v) is 11.5. The molecule has 0 atom stereocenters. The van der Waals surface area contributed by atoms with Crippen molar-refractivity contribution in [3.8, 4) is 0 Å². The van der Waals surface area contributed by atoms with Gasteiger partial charge in [-0.2, -0.15) is 0 Å². The highest BCUT2D eigenvalue weighted by Crippen LogP contribution is 2.17. The van der Waals surface area contributed by atoms with E-state index in [1.807, 2.05) is 30.3 Å². The lowest BCUT2D eigenvalue weighted by molar-refractivity contribution is 0.210. The Morgan fingerprint density at radius 3 is 2.85 bits per heavy atom. The number of hydrogen-bond acceptors (Lipinski definition) is 6. The Morgan fingerprint density at radius 1 is 1.20 bits per heavy atom. The Bertz CT molecular complexity index is 547.